The normalized spacial score (nSPS) is 13.7. The number of carbonyl (C=O) groups is 1. The van der Waals surface area contributed by atoms with Crippen molar-refractivity contribution in [3.05, 3.63) is 35.4 Å². The van der Waals surface area contributed by atoms with Crippen LogP contribution in [0.4, 0.5) is 0 Å². The van der Waals surface area contributed by atoms with E-state index in [-0.39, 0.29) is 17.4 Å². The van der Waals surface area contributed by atoms with Gasteiger partial charge in [-0.1, -0.05) is 38.1 Å². The molecular formula is C16H25NO. The van der Waals surface area contributed by atoms with Crippen LogP contribution >= 0.6 is 0 Å². The Morgan fingerprint density at radius 1 is 1.06 bits per heavy atom. The number of ketones is 1. The molecule has 1 aromatic rings. The number of carbonyl (C=O) groups excluding carboxylic acids is 1. The minimum atomic E-state index is -0.158. The summed E-state index contributed by atoms with van der Waals surface area (Å²) in [6.45, 7) is 12.4. The number of Topliss-reactive ketones (excluding diaryl/α,β-unsaturated/α-hetero) is 1. The van der Waals surface area contributed by atoms with Crippen molar-refractivity contribution in [2.24, 2.45) is 0 Å². The van der Waals surface area contributed by atoms with Crippen LogP contribution in [0, 0.1) is 0 Å². The minimum Gasteiger partial charge on any atom is -0.303 e. The maximum Gasteiger partial charge on any atom is 0.179 e. The van der Waals surface area contributed by atoms with Gasteiger partial charge in [0.2, 0.25) is 0 Å². The third kappa shape index (κ3) is 4.26. The first-order valence-corrected chi connectivity index (χ1v) is 6.62. The molecule has 2 nitrogen and oxygen atoms in total. The van der Waals surface area contributed by atoms with Crippen molar-refractivity contribution in [1.82, 2.24) is 5.32 Å². The summed E-state index contributed by atoms with van der Waals surface area (Å²) in [4.78, 5) is 12.2. The van der Waals surface area contributed by atoms with Crippen LogP contribution < -0.4 is 5.32 Å². The fourth-order valence-electron chi connectivity index (χ4n) is 2.00. The van der Waals surface area contributed by atoms with Crippen LogP contribution in [0.3, 0.4) is 0 Å². The molecule has 2 heteroatoms. The summed E-state index contributed by atoms with van der Waals surface area (Å²) in [5.74, 6) is 0.652. The highest BCUT2D eigenvalue weighted by Gasteiger charge is 2.20. The average Bonchev–Trinajstić information content (AvgIpc) is 2.26. The molecule has 0 aliphatic heterocycles. The minimum absolute atomic E-state index is 0.0487. The highest BCUT2D eigenvalue weighted by atomic mass is 16.1. The molecule has 0 saturated heterocycles. The van der Waals surface area contributed by atoms with Crippen molar-refractivity contribution in [2.75, 3.05) is 0 Å². The molecule has 0 radical (unpaired) electrons. The molecule has 0 amide bonds. The summed E-state index contributed by atoms with van der Waals surface area (Å²) < 4.78 is 0. The molecule has 0 aromatic heterocycles. The first-order valence-electron chi connectivity index (χ1n) is 6.62. The third-order valence-corrected chi connectivity index (χ3v) is 2.90. The zero-order valence-electron chi connectivity index (χ0n) is 12.4. The van der Waals surface area contributed by atoms with Crippen molar-refractivity contribution in [2.45, 2.75) is 59.0 Å². The number of benzene rings is 1. The Morgan fingerprint density at radius 2 is 1.56 bits per heavy atom. The first kappa shape index (κ1) is 14.9. The van der Waals surface area contributed by atoms with Crippen LogP contribution in [0.25, 0.3) is 0 Å². The molecule has 0 spiro atoms. The number of rotatable bonds is 4. The van der Waals surface area contributed by atoms with E-state index >= 15 is 0 Å². The molecule has 100 valence electrons. The van der Waals surface area contributed by atoms with Crippen molar-refractivity contribution in [3.63, 3.8) is 0 Å². The Bertz CT molecular complexity index is 398. The van der Waals surface area contributed by atoms with Crippen LogP contribution in [0.2, 0.25) is 0 Å². The van der Waals surface area contributed by atoms with E-state index in [0.29, 0.717) is 5.92 Å². The zero-order valence-corrected chi connectivity index (χ0v) is 12.4. The average molecular weight is 247 g/mol. The predicted molar refractivity (Wildman–Crippen MR) is 77.2 cm³/mol. The van der Waals surface area contributed by atoms with Crippen molar-refractivity contribution < 1.29 is 4.79 Å². The topological polar surface area (TPSA) is 29.1 Å². The lowest BCUT2D eigenvalue weighted by molar-refractivity contribution is 0.0935. The Hall–Kier alpha value is -1.15. The van der Waals surface area contributed by atoms with Crippen molar-refractivity contribution in [3.8, 4) is 0 Å². The van der Waals surface area contributed by atoms with Crippen LogP contribution in [0.1, 0.15) is 63.4 Å². The second-order valence-electron chi connectivity index (χ2n) is 6.26. The number of nitrogens with one attached hydrogen (secondary N) is 1. The predicted octanol–water partition coefficient (Wildman–Crippen LogP) is 3.77. The van der Waals surface area contributed by atoms with Gasteiger partial charge in [-0.2, -0.15) is 0 Å². The highest BCUT2D eigenvalue weighted by molar-refractivity contribution is 5.99. The molecule has 0 bridgehead atoms. The van der Waals surface area contributed by atoms with Gasteiger partial charge in [-0.05, 0) is 39.2 Å². The van der Waals surface area contributed by atoms with Gasteiger partial charge in [0.05, 0.1) is 6.04 Å². The summed E-state index contributed by atoms with van der Waals surface area (Å²) in [5.41, 5.74) is 2.00. The summed E-state index contributed by atoms with van der Waals surface area (Å²) in [6.07, 6.45) is 0. The second-order valence-corrected chi connectivity index (χ2v) is 6.26. The molecule has 0 aliphatic rings. The van der Waals surface area contributed by atoms with Gasteiger partial charge in [-0.25, -0.2) is 0 Å². The zero-order chi connectivity index (χ0) is 13.9. The number of hydrogen-bond acceptors (Lipinski definition) is 2. The lowest BCUT2D eigenvalue weighted by Gasteiger charge is -2.25. The Balaban J connectivity index is 2.78. The standard InChI is InChI=1S/C16H25NO/c1-11(2)13-7-9-14(10-8-13)15(18)12(3)17-16(4,5)6/h7-12,17H,1-6H3. The van der Waals surface area contributed by atoms with E-state index in [2.05, 4.69) is 39.9 Å². The quantitative estimate of drug-likeness (QED) is 0.821. The van der Waals surface area contributed by atoms with Gasteiger partial charge >= 0.3 is 0 Å². The highest BCUT2D eigenvalue weighted by Crippen LogP contribution is 2.16. The molecule has 0 aliphatic carbocycles. The summed E-state index contributed by atoms with van der Waals surface area (Å²) in [5, 5.41) is 3.31. The second kappa shape index (κ2) is 5.66. The van der Waals surface area contributed by atoms with E-state index in [4.69, 9.17) is 0 Å². The Kier molecular flexibility index (Phi) is 4.69. The van der Waals surface area contributed by atoms with E-state index < -0.39 is 0 Å². The monoisotopic (exact) mass is 247 g/mol. The molecule has 1 unspecified atom stereocenters. The van der Waals surface area contributed by atoms with E-state index in [1.165, 1.54) is 5.56 Å². The Morgan fingerprint density at radius 3 is 1.94 bits per heavy atom. The SMILES string of the molecule is CC(NC(C)(C)C)C(=O)c1ccc(C(C)C)cc1. The van der Waals surface area contributed by atoms with Crippen LogP contribution in [-0.4, -0.2) is 17.4 Å². The largest absolute Gasteiger partial charge is 0.303 e. The smallest absolute Gasteiger partial charge is 0.179 e. The van der Waals surface area contributed by atoms with E-state index in [0.717, 1.165) is 5.56 Å². The molecule has 1 rings (SSSR count). The van der Waals surface area contributed by atoms with E-state index in [1.807, 2.05) is 31.2 Å². The first-order chi connectivity index (χ1) is 8.20. The molecule has 0 heterocycles. The van der Waals surface area contributed by atoms with Gasteiger partial charge in [0.1, 0.15) is 0 Å². The summed E-state index contributed by atoms with van der Waals surface area (Å²) in [7, 11) is 0. The molecule has 1 aromatic carbocycles. The van der Waals surface area contributed by atoms with E-state index in [1.54, 1.807) is 0 Å². The third-order valence-electron chi connectivity index (χ3n) is 2.90. The van der Waals surface area contributed by atoms with Crippen molar-refractivity contribution in [1.29, 1.82) is 0 Å². The summed E-state index contributed by atoms with van der Waals surface area (Å²) in [6, 6.07) is 7.79. The van der Waals surface area contributed by atoms with Crippen LogP contribution in [0.5, 0.6) is 0 Å². The lowest BCUT2D eigenvalue weighted by atomic mass is 9.97. The molecule has 18 heavy (non-hydrogen) atoms. The van der Waals surface area contributed by atoms with Gasteiger partial charge in [0.15, 0.2) is 5.78 Å². The fraction of sp³-hybridized carbons (Fsp3) is 0.562. The molecule has 1 atom stereocenters. The fourth-order valence-corrected chi connectivity index (χ4v) is 2.00. The molecule has 1 N–H and O–H groups in total. The van der Waals surface area contributed by atoms with Crippen molar-refractivity contribution >= 4 is 5.78 Å². The van der Waals surface area contributed by atoms with Gasteiger partial charge in [-0.15, -0.1) is 0 Å². The van der Waals surface area contributed by atoms with Gasteiger partial charge in [0, 0.05) is 11.1 Å². The van der Waals surface area contributed by atoms with Crippen LogP contribution in [0.15, 0.2) is 24.3 Å². The summed E-state index contributed by atoms with van der Waals surface area (Å²) >= 11 is 0. The number of hydrogen-bond donors (Lipinski definition) is 1. The lowest BCUT2D eigenvalue weighted by Crippen LogP contribution is -2.46. The van der Waals surface area contributed by atoms with Gasteiger partial charge < -0.3 is 5.32 Å². The Labute approximate surface area is 111 Å². The molecule has 0 fully saturated rings. The maximum absolute atomic E-state index is 12.2. The molecular weight excluding hydrogens is 222 g/mol. The maximum atomic E-state index is 12.2. The van der Waals surface area contributed by atoms with Crippen LogP contribution in [-0.2, 0) is 0 Å². The van der Waals surface area contributed by atoms with Gasteiger partial charge in [0.25, 0.3) is 0 Å². The van der Waals surface area contributed by atoms with Gasteiger partial charge in [-0.3, -0.25) is 4.79 Å². The molecule has 0 saturated carbocycles. The van der Waals surface area contributed by atoms with E-state index in [9.17, 15) is 4.79 Å².